The largest absolute Gasteiger partial charge is 0.264 e. The van der Waals surface area contributed by atoms with Crippen molar-refractivity contribution in [2.75, 3.05) is 6.54 Å². The first kappa shape index (κ1) is 21.6. The third-order valence-electron chi connectivity index (χ3n) is 4.19. The molecule has 0 aromatic heterocycles. The van der Waals surface area contributed by atoms with Crippen LogP contribution >= 0.6 is 11.6 Å². The number of sulfonamides is 2. The number of nitrogens with one attached hydrogen (secondary N) is 1. The minimum absolute atomic E-state index is 0.00792. The maximum absolute atomic E-state index is 12.6. The number of nitrogens with two attached hydrogens (primary N) is 1. The second-order valence-corrected chi connectivity index (χ2v) is 10.0. The SMILES string of the molecule is C=NN(CC)C(=NC1CCC(S(N)(=O)=O)C1)NS(=O)(=O)c1ccc(Cl)cc1. The van der Waals surface area contributed by atoms with E-state index in [9.17, 15) is 16.8 Å². The summed E-state index contributed by atoms with van der Waals surface area (Å²) in [7, 11) is -7.59. The van der Waals surface area contributed by atoms with Crippen LogP contribution in [0.15, 0.2) is 39.3 Å². The highest BCUT2D eigenvalue weighted by molar-refractivity contribution is 7.90. The van der Waals surface area contributed by atoms with E-state index in [-0.39, 0.29) is 17.3 Å². The summed E-state index contributed by atoms with van der Waals surface area (Å²) in [6, 6.07) is 5.26. The lowest BCUT2D eigenvalue weighted by atomic mass is 10.3. The van der Waals surface area contributed by atoms with E-state index in [4.69, 9.17) is 16.7 Å². The molecule has 3 N–H and O–H groups in total. The number of benzene rings is 1. The molecule has 0 radical (unpaired) electrons. The Morgan fingerprint density at radius 2 is 1.93 bits per heavy atom. The quantitative estimate of drug-likeness (QED) is 0.392. The van der Waals surface area contributed by atoms with Gasteiger partial charge < -0.3 is 0 Å². The van der Waals surface area contributed by atoms with Gasteiger partial charge in [0.15, 0.2) is 0 Å². The molecule has 1 aliphatic carbocycles. The van der Waals surface area contributed by atoms with Crippen LogP contribution in [0.1, 0.15) is 26.2 Å². The van der Waals surface area contributed by atoms with Crippen molar-refractivity contribution in [2.24, 2.45) is 15.2 Å². The molecule has 9 nitrogen and oxygen atoms in total. The predicted molar refractivity (Wildman–Crippen MR) is 106 cm³/mol. The van der Waals surface area contributed by atoms with Crippen LogP contribution in [0.5, 0.6) is 0 Å². The molecule has 2 atom stereocenters. The monoisotopic (exact) mass is 435 g/mol. The van der Waals surface area contributed by atoms with Crippen LogP contribution in [0, 0.1) is 0 Å². The number of hydrogen-bond donors (Lipinski definition) is 2. The van der Waals surface area contributed by atoms with Crippen molar-refractivity contribution >= 4 is 44.3 Å². The summed E-state index contributed by atoms with van der Waals surface area (Å²) in [6.45, 7) is 5.49. The topological polar surface area (TPSA) is 134 Å². The average molecular weight is 436 g/mol. The maximum Gasteiger partial charge on any atom is 0.264 e. The van der Waals surface area contributed by atoms with E-state index in [1.807, 2.05) is 0 Å². The fraction of sp³-hybridized carbons (Fsp3) is 0.467. The minimum atomic E-state index is -3.94. The van der Waals surface area contributed by atoms with Crippen LogP contribution in [-0.4, -0.2) is 52.4 Å². The molecule has 2 unspecified atom stereocenters. The van der Waals surface area contributed by atoms with Crippen LogP contribution in [0.25, 0.3) is 0 Å². The lowest BCUT2D eigenvalue weighted by Gasteiger charge is -2.21. The second-order valence-electron chi connectivity index (χ2n) is 6.05. The lowest BCUT2D eigenvalue weighted by molar-refractivity contribution is 0.455. The molecular weight excluding hydrogens is 414 g/mol. The van der Waals surface area contributed by atoms with Crippen LogP contribution < -0.4 is 9.86 Å². The number of hydrogen-bond acceptors (Lipinski definition) is 6. The van der Waals surface area contributed by atoms with Crippen molar-refractivity contribution in [3.8, 4) is 0 Å². The molecule has 0 bridgehead atoms. The Hall–Kier alpha value is -1.69. The Morgan fingerprint density at radius 3 is 2.41 bits per heavy atom. The molecule has 1 saturated carbocycles. The third kappa shape index (κ3) is 5.64. The van der Waals surface area contributed by atoms with Gasteiger partial charge in [0, 0.05) is 18.3 Å². The van der Waals surface area contributed by atoms with Crippen molar-refractivity contribution in [3.63, 3.8) is 0 Å². The standard InChI is InChI=1S/C15H22ClN5O4S2/c1-3-21(18-2)15(19-12-6-9-14(10-12)26(17,22)23)20-27(24,25)13-7-4-11(16)5-8-13/h4-5,7-8,12,14H,2-3,6,9-10H2,1H3,(H,19,20)(H2,17,22,23). The number of aliphatic imine (C=N–C) groups is 1. The van der Waals surface area contributed by atoms with E-state index in [1.165, 1.54) is 29.3 Å². The summed E-state index contributed by atoms with van der Waals surface area (Å²) >= 11 is 5.80. The molecule has 0 amide bonds. The summed E-state index contributed by atoms with van der Waals surface area (Å²) in [5, 5.41) is 9.98. The van der Waals surface area contributed by atoms with Crippen LogP contribution in [0.2, 0.25) is 5.02 Å². The first-order valence-electron chi connectivity index (χ1n) is 8.18. The van der Waals surface area contributed by atoms with Gasteiger partial charge >= 0.3 is 0 Å². The summed E-state index contributed by atoms with van der Waals surface area (Å²) < 4.78 is 50.7. The van der Waals surface area contributed by atoms with Crippen molar-refractivity contribution in [1.29, 1.82) is 0 Å². The van der Waals surface area contributed by atoms with E-state index >= 15 is 0 Å². The first-order chi connectivity index (χ1) is 12.6. The molecule has 0 heterocycles. The normalized spacial score (nSPS) is 21.1. The summed E-state index contributed by atoms with van der Waals surface area (Å²) in [4.78, 5) is 4.39. The van der Waals surface area contributed by atoms with Crippen LogP contribution in [0.4, 0.5) is 0 Å². The van der Waals surface area contributed by atoms with Gasteiger partial charge in [-0.15, -0.1) is 0 Å². The molecule has 27 heavy (non-hydrogen) atoms. The van der Waals surface area contributed by atoms with Gasteiger partial charge in [0.1, 0.15) is 0 Å². The van der Waals surface area contributed by atoms with Crippen molar-refractivity contribution in [3.05, 3.63) is 29.3 Å². The Labute approximate surface area is 164 Å². The molecule has 0 saturated heterocycles. The zero-order valence-corrected chi connectivity index (χ0v) is 17.1. The molecule has 1 aliphatic rings. The number of guanidine groups is 1. The fourth-order valence-corrected chi connectivity index (χ4v) is 4.85. The van der Waals surface area contributed by atoms with Crippen LogP contribution in [-0.2, 0) is 20.0 Å². The molecule has 0 aliphatic heterocycles. The number of primary sulfonamides is 1. The van der Waals surface area contributed by atoms with E-state index in [2.05, 4.69) is 21.5 Å². The van der Waals surface area contributed by atoms with Gasteiger partial charge in [-0.25, -0.2) is 36.7 Å². The van der Waals surface area contributed by atoms with E-state index in [1.54, 1.807) is 6.92 Å². The van der Waals surface area contributed by atoms with Gasteiger partial charge in [-0.2, -0.15) is 5.10 Å². The summed E-state index contributed by atoms with van der Waals surface area (Å²) in [5.74, 6) is -0.0254. The van der Waals surface area contributed by atoms with Gasteiger partial charge in [0.05, 0.1) is 16.2 Å². The molecule has 1 aromatic rings. The fourth-order valence-electron chi connectivity index (χ4n) is 2.76. The zero-order valence-electron chi connectivity index (χ0n) is 14.7. The number of halogens is 1. The van der Waals surface area contributed by atoms with E-state index < -0.39 is 31.3 Å². The molecule has 1 aromatic carbocycles. The van der Waals surface area contributed by atoms with Crippen LogP contribution in [0.3, 0.4) is 0 Å². The molecule has 1 fully saturated rings. The minimum Gasteiger partial charge on any atom is -0.248 e. The number of rotatable bonds is 6. The Bertz CT molecular complexity index is 916. The first-order valence-corrected chi connectivity index (χ1v) is 11.7. The second kappa shape index (κ2) is 8.55. The Morgan fingerprint density at radius 1 is 1.30 bits per heavy atom. The predicted octanol–water partition coefficient (Wildman–Crippen LogP) is 1.12. The molecular formula is C15H22ClN5O4S2. The third-order valence-corrected chi connectivity index (χ3v) is 7.14. The van der Waals surface area contributed by atoms with Crippen molar-refractivity contribution < 1.29 is 16.8 Å². The summed E-state index contributed by atoms with van der Waals surface area (Å²) in [5.41, 5.74) is 0. The molecule has 12 heteroatoms. The maximum atomic E-state index is 12.6. The molecule has 150 valence electrons. The Balaban J connectivity index is 2.30. The lowest BCUT2D eigenvalue weighted by Crippen LogP contribution is -2.42. The highest BCUT2D eigenvalue weighted by Gasteiger charge is 2.33. The molecule has 0 spiro atoms. The Kier molecular flexibility index (Phi) is 6.84. The van der Waals surface area contributed by atoms with Gasteiger partial charge in [-0.1, -0.05) is 11.6 Å². The van der Waals surface area contributed by atoms with Gasteiger partial charge in [0.25, 0.3) is 10.0 Å². The zero-order chi connectivity index (χ0) is 20.2. The molecule has 2 rings (SSSR count). The van der Waals surface area contributed by atoms with Gasteiger partial charge in [-0.05, 0) is 50.5 Å². The van der Waals surface area contributed by atoms with Crippen molar-refractivity contribution in [1.82, 2.24) is 9.73 Å². The van der Waals surface area contributed by atoms with Crippen molar-refractivity contribution in [2.45, 2.75) is 42.4 Å². The van der Waals surface area contributed by atoms with Gasteiger partial charge in [0.2, 0.25) is 16.0 Å². The number of nitrogens with zero attached hydrogens (tertiary/aromatic N) is 3. The van der Waals surface area contributed by atoms with Gasteiger partial charge in [-0.3, -0.25) is 0 Å². The number of hydrazone groups is 1. The van der Waals surface area contributed by atoms with E-state index in [0.29, 0.717) is 24.4 Å². The highest BCUT2D eigenvalue weighted by Crippen LogP contribution is 2.26. The van der Waals surface area contributed by atoms with E-state index in [0.717, 1.165) is 0 Å². The average Bonchev–Trinajstić information content (AvgIpc) is 3.05. The summed E-state index contributed by atoms with van der Waals surface area (Å²) in [6.07, 6.45) is 1.07. The smallest absolute Gasteiger partial charge is 0.248 e. The highest BCUT2D eigenvalue weighted by atomic mass is 35.5.